The molecular weight excluding hydrogens is 315 g/mol. The van der Waals surface area contributed by atoms with Crippen molar-refractivity contribution in [3.63, 3.8) is 0 Å². The molecule has 120 valence electrons. The van der Waals surface area contributed by atoms with Crippen molar-refractivity contribution in [1.29, 1.82) is 5.26 Å². The Morgan fingerprint density at radius 3 is 2.87 bits per heavy atom. The van der Waals surface area contributed by atoms with Gasteiger partial charge in [-0.2, -0.15) is 5.26 Å². The first-order valence-corrected chi connectivity index (χ1v) is 8.42. The molecule has 0 unspecified atom stereocenters. The molecule has 1 fully saturated rings. The van der Waals surface area contributed by atoms with Gasteiger partial charge in [0.2, 0.25) is 0 Å². The summed E-state index contributed by atoms with van der Waals surface area (Å²) in [5.74, 6) is 0.389. The fraction of sp³-hybridized carbons (Fsp3) is 0.438. The van der Waals surface area contributed by atoms with E-state index < -0.39 is 0 Å². The summed E-state index contributed by atoms with van der Waals surface area (Å²) in [5, 5.41) is 18.0. The van der Waals surface area contributed by atoms with Crippen molar-refractivity contribution in [3.05, 3.63) is 30.1 Å². The van der Waals surface area contributed by atoms with Gasteiger partial charge in [0.15, 0.2) is 11.0 Å². The van der Waals surface area contributed by atoms with Crippen LogP contribution in [0.25, 0.3) is 11.4 Å². The molecule has 23 heavy (non-hydrogen) atoms. The third-order valence-electron chi connectivity index (χ3n) is 3.69. The summed E-state index contributed by atoms with van der Waals surface area (Å²) < 4.78 is 20.8. The van der Waals surface area contributed by atoms with E-state index in [1.165, 1.54) is 23.9 Å². The lowest BCUT2D eigenvalue weighted by molar-refractivity contribution is 0.0953. The third kappa shape index (κ3) is 3.71. The van der Waals surface area contributed by atoms with Crippen molar-refractivity contribution in [2.75, 3.05) is 6.61 Å². The van der Waals surface area contributed by atoms with Crippen molar-refractivity contribution in [2.45, 2.75) is 42.8 Å². The highest BCUT2D eigenvalue weighted by molar-refractivity contribution is 8.00. The smallest absolute Gasteiger partial charge is 0.192 e. The molecule has 1 aliphatic rings. The molecule has 2 aromatic rings. The number of halogens is 1. The van der Waals surface area contributed by atoms with Crippen molar-refractivity contribution in [1.82, 2.24) is 14.8 Å². The average molecular weight is 332 g/mol. The Labute approximate surface area is 138 Å². The van der Waals surface area contributed by atoms with Crippen molar-refractivity contribution < 1.29 is 9.13 Å². The monoisotopic (exact) mass is 332 g/mol. The Balaban J connectivity index is 1.94. The van der Waals surface area contributed by atoms with Gasteiger partial charge in [-0.25, -0.2) is 4.39 Å². The van der Waals surface area contributed by atoms with Gasteiger partial charge in [0.25, 0.3) is 0 Å². The molecule has 2 heterocycles. The predicted octanol–water partition coefficient (Wildman–Crippen LogP) is 3.27. The summed E-state index contributed by atoms with van der Waals surface area (Å²) in [7, 11) is 0. The van der Waals surface area contributed by atoms with E-state index in [0.717, 1.165) is 25.0 Å². The molecule has 1 aromatic heterocycles. The van der Waals surface area contributed by atoms with Gasteiger partial charge in [-0.3, -0.25) is 4.57 Å². The summed E-state index contributed by atoms with van der Waals surface area (Å²) in [6.07, 6.45) is 2.18. The number of benzene rings is 1. The molecule has 0 saturated carbocycles. The Morgan fingerprint density at radius 2 is 2.22 bits per heavy atom. The number of hydrogen-bond acceptors (Lipinski definition) is 5. The van der Waals surface area contributed by atoms with Crippen LogP contribution in [0.5, 0.6) is 0 Å². The number of nitriles is 1. The van der Waals surface area contributed by atoms with E-state index in [4.69, 9.17) is 10.00 Å². The summed E-state index contributed by atoms with van der Waals surface area (Å²) in [6.45, 7) is 3.24. The van der Waals surface area contributed by atoms with Crippen LogP contribution in [0, 0.1) is 17.1 Å². The Bertz CT molecular complexity index is 704. The number of aromatic nitrogens is 3. The molecule has 2 atom stereocenters. The van der Waals surface area contributed by atoms with Gasteiger partial charge in [0.1, 0.15) is 5.82 Å². The summed E-state index contributed by atoms with van der Waals surface area (Å²) >= 11 is 1.37. The second kappa shape index (κ2) is 7.11. The van der Waals surface area contributed by atoms with E-state index in [1.54, 1.807) is 12.1 Å². The predicted molar refractivity (Wildman–Crippen MR) is 85.3 cm³/mol. The van der Waals surface area contributed by atoms with Crippen molar-refractivity contribution in [3.8, 4) is 17.5 Å². The quantitative estimate of drug-likeness (QED) is 0.786. The molecule has 0 radical (unpaired) electrons. The lowest BCUT2D eigenvalue weighted by atomic mass is 10.2. The molecule has 0 amide bonds. The SMILES string of the molecule is C[C@H](C#N)Sc1nnc(-c2ccc(F)cc2)n1C[C@@H]1CCCO1. The first-order chi connectivity index (χ1) is 11.2. The highest BCUT2D eigenvalue weighted by atomic mass is 32.2. The first kappa shape index (κ1) is 16.0. The van der Waals surface area contributed by atoms with Gasteiger partial charge >= 0.3 is 0 Å². The van der Waals surface area contributed by atoms with Crippen molar-refractivity contribution >= 4 is 11.8 Å². The number of thioether (sulfide) groups is 1. The average Bonchev–Trinajstić information content (AvgIpc) is 3.20. The minimum Gasteiger partial charge on any atom is -0.376 e. The number of hydrogen-bond donors (Lipinski definition) is 0. The highest BCUT2D eigenvalue weighted by Gasteiger charge is 2.22. The molecular formula is C16H17FN4OS. The normalized spacial score (nSPS) is 18.7. The van der Waals surface area contributed by atoms with E-state index in [-0.39, 0.29) is 17.2 Å². The largest absolute Gasteiger partial charge is 0.376 e. The zero-order chi connectivity index (χ0) is 16.2. The van der Waals surface area contributed by atoms with E-state index in [1.807, 2.05) is 11.5 Å². The summed E-state index contributed by atoms with van der Waals surface area (Å²) in [6, 6.07) is 8.38. The van der Waals surface area contributed by atoms with Crippen LogP contribution in [-0.4, -0.2) is 32.7 Å². The van der Waals surface area contributed by atoms with Crippen LogP contribution in [0.15, 0.2) is 29.4 Å². The molecule has 5 nitrogen and oxygen atoms in total. The highest BCUT2D eigenvalue weighted by Crippen LogP contribution is 2.28. The molecule has 1 aromatic carbocycles. The Morgan fingerprint density at radius 1 is 1.43 bits per heavy atom. The lowest BCUT2D eigenvalue weighted by Crippen LogP contribution is -2.17. The molecule has 0 aliphatic carbocycles. The molecule has 3 rings (SSSR count). The van der Waals surface area contributed by atoms with Gasteiger partial charge in [-0.05, 0) is 44.0 Å². The van der Waals surface area contributed by atoms with Crippen molar-refractivity contribution in [2.24, 2.45) is 0 Å². The topological polar surface area (TPSA) is 63.7 Å². The number of ether oxygens (including phenoxy) is 1. The molecule has 7 heteroatoms. The molecule has 0 spiro atoms. The fourth-order valence-corrected chi connectivity index (χ4v) is 3.27. The van der Waals surface area contributed by atoms with Crippen LogP contribution >= 0.6 is 11.8 Å². The van der Waals surface area contributed by atoms with E-state index >= 15 is 0 Å². The van der Waals surface area contributed by atoms with Crippen LogP contribution in [0.3, 0.4) is 0 Å². The maximum atomic E-state index is 13.2. The Kier molecular flexibility index (Phi) is 4.94. The second-order valence-electron chi connectivity index (χ2n) is 5.45. The molecule has 1 saturated heterocycles. The molecule has 0 N–H and O–H groups in total. The standard InChI is InChI=1S/C16H17FN4OS/c1-11(9-18)23-16-20-19-15(12-4-6-13(17)7-5-12)21(16)10-14-3-2-8-22-14/h4-7,11,14H,2-3,8,10H2,1H3/t11-,14+/m1/s1. The second-order valence-corrected chi connectivity index (χ2v) is 6.76. The first-order valence-electron chi connectivity index (χ1n) is 7.54. The van der Waals surface area contributed by atoms with Gasteiger partial charge < -0.3 is 4.74 Å². The number of rotatable bonds is 5. The maximum Gasteiger partial charge on any atom is 0.192 e. The molecule has 0 bridgehead atoms. The summed E-state index contributed by atoms with van der Waals surface area (Å²) in [5.41, 5.74) is 0.799. The van der Waals surface area contributed by atoms with Crippen LogP contribution in [0.4, 0.5) is 4.39 Å². The van der Waals surface area contributed by atoms with Crippen LogP contribution in [0.2, 0.25) is 0 Å². The number of nitrogens with zero attached hydrogens (tertiary/aromatic N) is 4. The van der Waals surface area contributed by atoms with E-state index in [2.05, 4.69) is 16.3 Å². The fourth-order valence-electron chi connectivity index (χ4n) is 2.53. The van der Waals surface area contributed by atoms with Gasteiger partial charge in [-0.1, -0.05) is 11.8 Å². The van der Waals surface area contributed by atoms with Crippen LogP contribution in [-0.2, 0) is 11.3 Å². The minimum atomic E-state index is -0.286. The van der Waals surface area contributed by atoms with Crippen LogP contribution < -0.4 is 0 Å². The summed E-state index contributed by atoms with van der Waals surface area (Å²) in [4.78, 5) is 0. The minimum absolute atomic E-state index is 0.127. The van der Waals surface area contributed by atoms with Gasteiger partial charge in [0, 0.05) is 12.2 Å². The van der Waals surface area contributed by atoms with E-state index in [9.17, 15) is 4.39 Å². The van der Waals surface area contributed by atoms with Gasteiger partial charge in [0.05, 0.1) is 24.0 Å². The maximum absolute atomic E-state index is 13.2. The lowest BCUT2D eigenvalue weighted by Gasteiger charge is -2.15. The van der Waals surface area contributed by atoms with Crippen LogP contribution in [0.1, 0.15) is 19.8 Å². The third-order valence-corrected chi connectivity index (χ3v) is 4.67. The van der Waals surface area contributed by atoms with E-state index in [0.29, 0.717) is 17.5 Å². The van der Waals surface area contributed by atoms with Gasteiger partial charge in [-0.15, -0.1) is 10.2 Å². The zero-order valence-corrected chi connectivity index (χ0v) is 13.6. The Hall–Kier alpha value is -1.91. The zero-order valence-electron chi connectivity index (χ0n) is 12.8. The molecule has 1 aliphatic heterocycles.